The van der Waals surface area contributed by atoms with Gasteiger partial charge in [0.1, 0.15) is 16.2 Å². The smallest absolute Gasteiger partial charge is 0.266 e. The molecule has 1 aliphatic rings. The molecule has 0 radical (unpaired) electrons. The fourth-order valence-corrected chi connectivity index (χ4v) is 4.22. The van der Waals surface area contributed by atoms with Crippen molar-refractivity contribution in [3.8, 4) is 0 Å². The molecule has 1 aromatic carbocycles. The third-order valence-electron chi connectivity index (χ3n) is 4.14. The molecular weight excluding hydrogens is 344 g/mol. The number of aromatic nitrogens is 2. The number of H-pyrrole nitrogens is 1. The Bertz CT molecular complexity index is 1180. The molecule has 0 saturated heterocycles. The predicted octanol–water partition coefficient (Wildman–Crippen LogP) is -0.355. The second-order valence-electron chi connectivity index (χ2n) is 5.53. The molecule has 0 saturated carbocycles. The zero-order valence-electron chi connectivity index (χ0n) is 12.5. The molecular formula is C17H12ClN4OS-. The summed E-state index contributed by atoms with van der Waals surface area (Å²) < 4.78 is 1.88. The third kappa shape index (κ3) is 2.11. The lowest BCUT2D eigenvalue weighted by atomic mass is 10.1. The molecule has 7 heteroatoms. The normalized spacial score (nSPS) is 13.9. The number of pyridine rings is 2. The molecule has 3 aromatic heterocycles. The van der Waals surface area contributed by atoms with E-state index in [9.17, 15) is 4.79 Å². The Balaban J connectivity index is 0.00000146. The van der Waals surface area contributed by atoms with E-state index < -0.39 is 0 Å². The van der Waals surface area contributed by atoms with Crippen LogP contribution in [-0.2, 0) is 0 Å². The summed E-state index contributed by atoms with van der Waals surface area (Å²) in [6.07, 6.45) is 1.72. The van der Waals surface area contributed by atoms with Crippen LogP contribution < -0.4 is 23.3 Å². The molecule has 0 fully saturated rings. The first-order valence-corrected chi connectivity index (χ1v) is 8.25. The van der Waals surface area contributed by atoms with Crippen molar-refractivity contribution >= 4 is 48.2 Å². The minimum atomic E-state index is -0.0559. The van der Waals surface area contributed by atoms with Gasteiger partial charge in [0, 0.05) is 27.4 Å². The van der Waals surface area contributed by atoms with E-state index in [2.05, 4.69) is 32.4 Å². The lowest BCUT2D eigenvalue weighted by Gasteiger charge is -2.05. The van der Waals surface area contributed by atoms with Crippen LogP contribution in [0.5, 0.6) is 0 Å². The number of nitrogens with one attached hydrogen (secondary N) is 2. The molecule has 5 rings (SSSR count). The van der Waals surface area contributed by atoms with Crippen LogP contribution in [0.1, 0.15) is 5.69 Å². The Hall–Kier alpha value is -2.44. The maximum atomic E-state index is 12.4. The van der Waals surface area contributed by atoms with E-state index in [1.54, 1.807) is 6.20 Å². The molecule has 0 bridgehead atoms. The van der Waals surface area contributed by atoms with Crippen LogP contribution in [-0.4, -0.2) is 28.9 Å². The zero-order chi connectivity index (χ0) is 15.4. The number of rotatable bonds is 1. The molecule has 0 unspecified atom stereocenters. The second kappa shape index (κ2) is 5.58. The number of aromatic amines is 1. The van der Waals surface area contributed by atoms with Crippen LogP contribution in [0.3, 0.4) is 0 Å². The van der Waals surface area contributed by atoms with Crippen LogP contribution in [0.15, 0.2) is 46.3 Å². The van der Waals surface area contributed by atoms with Crippen molar-refractivity contribution in [3.05, 3.63) is 52.6 Å². The van der Waals surface area contributed by atoms with Gasteiger partial charge in [0.25, 0.3) is 5.56 Å². The largest absolute Gasteiger partial charge is 1.00 e. The van der Waals surface area contributed by atoms with Crippen molar-refractivity contribution in [2.75, 3.05) is 13.1 Å². The number of fused-ring (bicyclic) bond motifs is 5. The standard InChI is InChI=1S/C17H12N4OS.ClH/c22-17-15-14(9-3-1-2-4-13(9)23-15)10-7-11(16-18-5-6-19-16)20-8-12(10)21-17;/h1-4,7-8H,5-6H2,(H,18,19)(H,21,22);1H/p-1. The van der Waals surface area contributed by atoms with E-state index in [1.807, 2.05) is 18.2 Å². The molecule has 0 atom stereocenters. The zero-order valence-corrected chi connectivity index (χ0v) is 14.0. The fraction of sp³-hybridized carbons (Fsp3) is 0.118. The van der Waals surface area contributed by atoms with Crippen molar-refractivity contribution in [2.24, 2.45) is 4.99 Å². The average Bonchev–Trinajstić information content (AvgIpc) is 3.23. The summed E-state index contributed by atoms with van der Waals surface area (Å²) >= 11 is 1.53. The number of amidine groups is 1. The van der Waals surface area contributed by atoms with E-state index in [0.717, 1.165) is 55.7 Å². The number of hydrogen-bond donors (Lipinski definition) is 2. The van der Waals surface area contributed by atoms with Gasteiger partial charge in [-0.3, -0.25) is 14.8 Å². The van der Waals surface area contributed by atoms with E-state index in [4.69, 9.17) is 0 Å². The maximum Gasteiger partial charge on any atom is 0.266 e. The van der Waals surface area contributed by atoms with Crippen LogP contribution in [0.25, 0.3) is 31.1 Å². The second-order valence-corrected chi connectivity index (χ2v) is 6.58. The number of thiophene rings is 1. The lowest BCUT2D eigenvalue weighted by molar-refractivity contribution is -0.00000451. The highest BCUT2D eigenvalue weighted by atomic mass is 35.5. The Labute approximate surface area is 146 Å². The highest BCUT2D eigenvalue weighted by Gasteiger charge is 2.15. The topological polar surface area (TPSA) is 70.1 Å². The van der Waals surface area contributed by atoms with Gasteiger partial charge in [-0.1, -0.05) is 18.2 Å². The summed E-state index contributed by atoms with van der Waals surface area (Å²) in [7, 11) is 0. The highest BCUT2D eigenvalue weighted by molar-refractivity contribution is 7.25. The summed E-state index contributed by atoms with van der Waals surface area (Å²) in [4.78, 5) is 24.2. The minimum absolute atomic E-state index is 0. The Morgan fingerprint density at radius 1 is 1.17 bits per heavy atom. The van der Waals surface area contributed by atoms with Gasteiger partial charge in [-0.15, -0.1) is 11.3 Å². The van der Waals surface area contributed by atoms with Gasteiger partial charge in [-0.05, 0) is 12.1 Å². The van der Waals surface area contributed by atoms with Crippen molar-refractivity contribution in [3.63, 3.8) is 0 Å². The molecule has 2 N–H and O–H groups in total. The number of halogens is 1. The van der Waals surface area contributed by atoms with E-state index in [1.165, 1.54) is 11.3 Å². The van der Waals surface area contributed by atoms with Gasteiger partial charge < -0.3 is 22.7 Å². The summed E-state index contributed by atoms with van der Waals surface area (Å²) in [5.41, 5.74) is 1.52. The van der Waals surface area contributed by atoms with Crippen molar-refractivity contribution < 1.29 is 12.4 Å². The van der Waals surface area contributed by atoms with Gasteiger partial charge in [0.15, 0.2) is 0 Å². The Kier molecular flexibility index (Phi) is 3.51. The third-order valence-corrected chi connectivity index (χ3v) is 5.31. The Morgan fingerprint density at radius 3 is 2.88 bits per heavy atom. The molecule has 0 amide bonds. The summed E-state index contributed by atoms with van der Waals surface area (Å²) in [5, 5.41) is 6.38. The molecule has 120 valence electrons. The highest BCUT2D eigenvalue weighted by Crippen LogP contribution is 2.35. The van der Waals surface area contributed by atoms with Crippen LogP contribution in [0, 0.1) is 0 Å². The van der Waals surface area contributed by atoms with Crippen molar-refractivity contribution in [1.29, 1.82) is 0 Å². The number of hydrogen-bond acceptors (Lipinski definition) is 5. The first-order valence-electron chi connectivity index (χ1n) is 7.43. The summed E-state index contributed by atoms with van der Waals surface area (Å²) in [6.45, 7) is 1.62. The van der Waals surface area contributed by atoms with Gasteiger partial charge >= 0.3 is 0 Å². The summed E-state index contributed by atoms with van der Waals surface area (Å²) in [5.74, 6) is 0.825. The maximum absolute atomic E-state index is 12.4. The molecule has 0 spiro atoms. The van der Waals surface area contributed by atoms with Crippen LogP contribution in [0.4, 0.5) is 0 Å². The van der Waals surface area contributed by atoms with E-state index >= 15 is 0 Å². The Morgan fingerprint density at radius 2 is 2.04 bits per heavy atom. The average molecular weight is 356 g/mol. The fourth-order valence-electron chi connectivity index (χ4n) is 3.11. The lowest BCUT2D eigenvalue weighted by Crippen LogP contribution is -3.00. The monoisotopic (exact) mass is 355 g/mol. The van der Waals surface area contributed by atoms with Gasteiger partial charge in [0.2, 0.25) is 0 Å². The molecule has 24 heavy (non-hydrogen) atoms. The number of benzene rings is 1. The van der Waals surface area contributed by atoms with Gasteiger partial charge in [0.05, 0.1) is 18.3 Å². The van der Waals surface area contributed by atoms with Crippen molar-refractivity contribution in [2.45, 2.75) is 0 Å². The van der Waals surface area contributed by atoms with Gasteiger partial charge in [-0.25, -0.2) is 0 Å². The van der Waals surface area contributed by atoms with Gasteiger partial charge in [-0.2, -0.15) is 0 Å². The van der Waals surface area contributed by atoms with E-state index in [0.29, 0.717) is 0 Å². The van der Waals surface area contributed by atoms with Crippen LogP contribution >= 0.6 is 11.3 Å². The molecule has 4 aromatic rings. The first-order chi connectivity index (χ1) is 11.3. The number of nitrogens with zero attached hydrogens (tertiary/aromatic N) is 2. The number of aliphatic imine (C=N–C) groups is 1. The molecule has 5 nitrogen and oxygen atoms in total. The van der Waals surface area contributed by atoms with Crippen molar-refractivity contribution in [1.82, 2.24) is 15.3 Å². The summed E-state index contributed by atoms with van der Waals surface area (Å²) in [6, 6.07) is 10.1. The quantitative estimate of drug-likeness (QED) is 0.490. The van der Waals surface area contributed by atoms with Crippen LogP contribution in [0.2, 0.25) is 0 Å². The first kappa shape index (κ1) is 15.1. The molecule has 4 heterocycles. The molecule has 1 aliphatic heterocycles. The minimum Gasteiger partial charge on any atom is -1.00 e. The van der Waals surface area contributed by atoms with E-state index in [-0.39, 0.29) is 18.0 Å². The SMILES string of the molecule is O=c1[nH]c2cnc(C3=NCCN3)cc2c2c1sc1ccccc12.[Cl-]. The predicted molar refractivity (Wildman–Crippen MR) is 94.7 cm³/mol. The molecule has 0 aliphatic carbocycles.